The largest absolute Gasteiger partial charge is 0.502 e. The first-order valence-electron chi connectivity index (χ1n) is 6.56. The summed E-state index contributed by atoms with van der Waals surface area (Å²) in [7, 11) is 2.98. The highest BCUT2D eigenvalue weighted by atomic mass is 16.5. The Morgan fingerprint density at radius 2 is 1.70 bits per heavy atom. The number of aromatic hydroxyl groups is 1. The molecular formula is C14H23N3O3. The number of nitrogens with zero attached hydrogens (tertiary/aromatic N) is 2. The summed E-state index contributed by atoms with van der Waals surface area (Å²) in [5.41, 5.74) is 6.78. The molecule has 0 radical (unpaired) electrons. The number of ether oxygens (including phenoxy) is 2. The molecule has 0 saturated heterocycles. The highest BCUT2D eigenvalue weighted by Crippen LogP contribution is 2.37. The van der Waals surface area contributed by atoms with Gasteiger partial charge in [-0.3, -0.25) is 0 Å². The molecule has 0 aromatic heterocycles. The van der Waals surface area contributed by atoms with E-state index in [0.29, 0.717) is 24.0 Å². The second-order valence-electron chi connectivity index (χ2n) is 4.20. The van der Waals surface area contributed by atoms with E-state index in [4.69, 9.17) is 15.2 Å². The van der Waals surface area contributed by atoms with Crippen LogP contribution in [0.4, 0.5) is 0 Å². The maximum atomic E-state index is 9.84. The lowest BCUT2D eigenvalue weighted by atomic mass is 10.2. The molecule has 0 atom stereocenters. The number of phenolic OH excluding ortho intramolecular Hbond substituents is 1. The summed E-state index contributed by atoms with van der Waals surface area (Å²) in [6.07, 6.45) is 0. The van der Waals surface area contributed by atoms with E-state index >= 15 is 0 Å². The van der Waals surface area contributed by atoms with Crippen molar-refractivity contribution >= 4 is 5.96 Å². The van der Waals surface area contributed by atoms with Crippen molar-refractivity contribution < 1.29 is 14.6 Å². The van der Waals surface area contributed by atoms with Crippen LogP contribution in [-0.2, 0) is 6.54 Å². The number of aliphatic imine (C=N–C) groups is 1. The number of phenols is 1. The quantitative estimate of drug-likeness (QED) is 0.611. The molecule has 1 rings (SSSR count). The Labute approximate surface area is 119 Å². The van der Waals surface area contributed by atoms with Gasteiger partial charge in [0.1, 0.15) is 0 Å². The van der Waals surface area contributed by atoms with Crippen LogP contribution in [0, 0.1) is 0 Å². The second-order valence-corrected chi connectivity index (χ2v) is 4.20. The Bertz CT molecular complexity index is 446. The normalized spacial score (nSPS) is 11.3. The minimum Gasteiger partial charge on any atom is -0.502 e. The Morgan fingerprint density at radius 3 is 2.10 bits per heavy atom. The number of guanidine groups is 1. The maximum absolute atomic E-state index is 9.84. The minimum absolute atomic E-state index is 0.0144. The topological polar surface area (TPSA) is 80.3 Å². The molecule has 0 bridgehead atoms. The molecule has 0 aliphatic carbocycles. The summed E-state index contributed by atoms with van der Waals surface area (Å²) in [4.78, 5) is 6.31. The third kappa shape index (κ3) is 3.69. The van der Waals surface area contributed by atoms with Gasteiger partial charge in [-0.05, 0) is 31.5 Å². The smallest absolute Gasteiger partial charge is 0.200 e. The van der Waals surface area contributed by atoms with Gasteiger partial charge in [-0.2, -0.15) is 0 Å². The summed E-state index contributed by atoms with van der Waals surface area (Å²) in [6, 6.07) is 3.44. The van der Waals surface area contributed by atoms with Gasteiger partial charge >= 0.3 is 0 Å². The molecule has 6 heteroatoms. The summed E-state index contributed by atoms with van der Waals surface area (Å²) in [5.74, 6) is 1.20. The number of hydrogen-bond donors (Lipinski definition) is 2. The van der Waals surface area contributed by atoms with E-state index in [9.17, 15) is 5.11 Å². The zero-order chi connectivity index (χ0) is 15.1. The van der Waals surface area contributed by atoms with Crippen LogP contribution in [0.25, 0.3) is 0 Å². The van der Waals surface area contributed by atoms with Crippen molar-refractivity contribution in [1.82, 2.24) is 4.90 Å². The molecule has 0 saturated carbocycles. The minimum atomic E-state index is -0.0144. The Kier molecular flexibility index (Phi) is 5.96. The first kappa shape index (κ1) is 15.9. The van der Waals surface area contributed by atoms with Crippen molar-refractivity contribution in [3.05, 3.63) is 17.7 Å². The highest BCUT2D eigenvalue weighted by Gasteiger charge is 2.11. The van der Waals surface area contributed by atoms with Gasteiger partial charge in [-0.25, -0.2) is 4.99 Å². The highest BCUT2D eigenvalue weighted by molar-refractivity contribution is 5.78. The first-order chi connectivity index (χ1) is 9.57. The fraction of sp³-hybridized carbons (Fsp3) is 0.500. The zero-order valence-electron chi connectivity index (χ0n) is 12.5. The molecule has 0 spiro atoms. The molecule has 0 aliphatic heterocycles. The van der Waals surface area contributed by atoms with E-state index in [-0.39, 0.29) is 5.75 Å². The van der Waals surface area contributed by atoms with Gasteiger partial charge in [0.25, 0.3) is 0 Å². The number of rotatable bonds is 6. The van der Waals surface area contributed by atoms with Gasteiger partial charge in [0.05, 0.1) is 20.8 Å². The molecule has 0 heterocycles. The second kappa shape index (κ2) is 7.47. The van der Waals surface area contributed by atoms with Crippen LogP contribution in [0.15, 0.2) is 17.1 Å². The third-order valence-electron chi connectivity index (χ3n) is 3.05. The van der Waals surface area contributed by atoms with Crippen LogP contribution in [0.1, 0.15) is 19.4 Å². The van der Waals surface area contributed by atoms with E-state index in [2.05, 4.69) is 4.99 Å². The van der Waals surface area contributed by atoms with Crippen LogP contribution in [0.5, 0.6) is 17.2 Å². The number of methoxy groups -OCH3 is 2. The maximum Gasteiger partial charge on any atom is 0.200 e. The molecule has 0 fully saturated rings. The summed E-state index contributed by atoms with van der Waals surface area (Å²) in [5, 5.41) is 9.84. The molecule has 1 aromatic rings. The Hall–Kier alpha value is -2.11. The third-order valence-corrected chi connectivity index (χ3v) is 3.05. The predicted octanol–water partition coefficient (Wildman–Crippen LogP) is 1.57. The molecular weight excluding hydrogens is 258 g/mol. The zero-order valence-corrected chi connectivity index (χ0v) is 12.5. The molecule has 6 nitrogen and oxygen atoms in total. The summed E-state index contributed by atoms with van der Waals surface area (Å²) >= 11 is 0. The van der Waals surface area contributed by atoms with Crippen LogP contribution < -0.4 is 15.2 Å². The number of hydrogen-bond acceptors (Lipinski definition) is 4. The molecule has 0 amide bonds. The van der Waals surface area contributed by atoms with Crippen molar-refractivity contribution in [3.63, 3.8) is 0 Å². The van der Waals surface area contributed by atoms with E-state index in [1.54, 1.807) is 12.1 Å². The fourth-order valence-electron chi connectivity index (χ4n) is 1.86. The van der Waals surface area contributed by atoms with Gasteiger partial charge in [0, 0.05) is 13.1 Å². The van der Waals surface area contributed by atoms with Crippen LogP contribution in [-0.4, -0.2) is 43.3 Å². The standard InChI is InChI=1S/C14H23N3O3/c1-5-17(6-2)14(15)16-9-10-7-11(19-3)13(18)12(8-10)20-4/h7-8,18H,5-6,9H2,1-4H3,(H2,15,16). The Balaban J connectivity index is 2.95. The molecule has 0 unspecified atom stereocenters. The average Bonchev–Trinajstić information content (AvgIpc) is 2.47. The number of benzene rings is 1. The van der Waals surface area contributed by atoms with Crippen LogP contribution >= 0.6 is 0 Å². The van der Waals surface area contributed by atoms with E-state index < -0.39 is 0 Å². The van der Waals surface area contributed by atoms with E-state index in [0.717, 1.165) is 18.7 Å². The lowest BCUT2D eigenvalue weighted by molar-refractivity contribution is 0.339. The van der Waals surface area contributed by atoms with Crippen LogP contribution in [0.2, 0.25) is 0 Å². The first-order valence-corrected chi connectivity index (χ1v) is 6.56. The van der Waals surface area contributed by atoms with Crippen molar-refractivity contribution in [1.29, 1.82) is 0 Å². The summed E-state index contributed by atoms with van der Waals surface area (Å²) < 4.78 is 10.2. The molecule has 0 aliphatic rings. The van der Waals surface area contributed by atoms with Crippen LogP contribution in [0.3, 0.4) is 0 Å². The van der Waals surface area contributed by atoms with Gasteiger partial charge in [-0.15, -0.1) is 0 Å². The Morgan fingerprint density at radius 1 is 1.20 bits per heavy atom. The fourth-order valence-corrected chi connectivity index (χ4v) is 1.86. The average molecular weight is 281 g/mol. The van der Waals surface area contributed by atoms with E-state index in [1.807, 2.05) is 18.7 Å². The van der Waals surface area contributed by atoms with Crippen molar-refractivity contribution in [2.24, 2.45) is 10.7 Å². The van der Waals surface area contributed by atoms with E-state index in [1.165, 1.54) is 14.2 Å². The predicted molar refractivity (Wildman–Crippen MR) is 79.5 cm³/mol. The van der Waals surface area contributed by atoms with Crippen molar-refractivity contribution in [2.75, 3.05) is 27.3 Å². The monoisotopic (exact) mass is 281 g/mol. The SMILES string of the molecule is CCN(CC)C(N)=NCc1cc(OC)c(O)c(OC)c1. The van der Waals surface area contributed by atoms with Gasteiger partial charge in [-0.1, -0.05) is 0 Å². The van der Waals surface area contributed by atoms with Crippen molar-refractivity contribution in [2.45, 2.75) is 20.4 Å². The van der Waals surface area contributed by atoms with Gasteiger partial charge in [0.15, 0.2) is 17.5 Å². The van der Waals surface area contributed by atoms with Gasteiger partial charge in [0.2, 0.25) is 5.75 Å². The summed E-state index contributed by atoms with van der Waals surface area (Å²) in [6.45, 7) is 6.08. The van der Waals surface area contributed by atoms with Crippen molar-refractivity contribution in [3.8, 4) is 17.2 Å². The lowest BCUT2D eigenvalue weighted by Gasteiger charge is -2.19. The molecule has 3 N–H and O–H groups in total. The van der Waals surface area contributed by atoms with Gasteiger partial charge < -0.3 is 25.2 Å². The molecule has 1 aromatic carbocycles. The lowest BCUT2D eigenvalue weighted by Crippen LogP contribution is -2.37. The molecule has 112 valence electrons. The number of nitrogens with two attached hydrogens (primary N) is 1. The molecule has 20 heavy (non-hydrogen) atoms.